The number of rotatable bonds is 9. The van der Waals surface area contributed by atoms with Crippen LogP contribution < -0.4 is 0 Å². The number of hydrogen-bond acceptors (Lipinski definition) is 1. The third kappa shape index (κ3) is 5.90. The van der Waals surface area contributed by atoms with Gasteiger partial charge in [-0.15, -0.1) is 0 Å². The third-order valence-corrected chi connectivity index (χ3v) is 6.46. The van der Waals surface area contributed by atoms with E-state index in [2.05, 4.69) is 31.0 Å². The summed E-state index contributed by atoms with van der Waals surface area (Å²) in [5, 5.41) is 0. The van der Waals surface area contributed by atoms with Gasteiger partial charge in [-0.3, -0.25) is 4.98 Å². The van der Waals surface area contributed by atoms with Gasteiger partial charge in [0.1, 0.15) is 5.82 Å². The molecule has 152 valence electrons. The van der Waals surface area contributed by atoms with Crippen LogP contribution in [-0.2, 0) is 12.8 Å². The van der Waals surface area contributed by atoms with Crippen LogP contribution in [0.2, 0.25) is 0 Å². The Hall–Kier alpha value is -1.70. The fourth-order valence-corrected chi connectivity index (χ4v) is 4.62. The van der Waals surface area contributed by atoms with Crippen molar-refractivity contribution in [2.45, 2.75) is 84.5 Å². The van der Waals surface area contributed by atoms with Crippen LogP contribution in [0.4, 0.5) is 4.39 Å². The number of hydrogen-bond donors (Lipinski definition) is 0. The number of unbranched alkanes of at least 4 members (excludes halogenated alkanes) is 1. The van der Waals surface area contributed by atoms with Crippen molar-refractivity contribution in [1.82, 2.24) is 4.98 Å². The van der Waals surface area contributed by atoms with Crippen molar-refractivity contribution in [2.75, 3.05) is 0 Å². The average molecular weight is 382 g/mol. The molecule has 2 heteroatoms. The first-order chi connectivity index (χ1) is 13.7. The van der Waals surface area contributed by atoms with Gasteiger partial charge in [0.25, 0.3) is 0 Å². The Labute approximate surface area is 170 Å². The maximum absolute atomic E-state index is 14.7. The summed E-state index contributed by atoms with van der Waals surface area (Å²) in [7, 11) is 0. The summed E-state index contributed by atoms with van der Waals surface area (Å²) in [5.74, 6) is 1.64. The molecule has 0 radical (unpaired) electrons. The maximum Gasteiger partial charge on any atom is 0.132 e. The van der Waals surface area contributed by atoms with Crippen molar-refractivity contribution in [3.63, 3.8) is 0 Å². The highest BCUT2D eigenvalue weighted by Crippen LogP contribution is 2.34. The van der Waals surface area contributed by atoms with Gasteiger partial charge < -0.3 is 0 Å². The van der Waals surface area contributed by atoms with Crippen molar-refractivity contribution in [3.05, 3.63) is 53.5 Å². The zero-order valence-corrected chi connectivity index (χ0v) is 17.7. The highest BCUT2D eigenvalue weighted by Gasteiger charge is 2.20. The predicted molar refractivity (Wildman–Crippen MR) is 117 cm³/mol. The lowest BCUT2D eigenvalue weighted by atomic mass is 9.78. The fraction of sp³-hybridized carbons (Fsp3) is 0.577. The molecule has 0 saturated heterocycles. The van der Waals surface area contributed by atoms with Gasteiger partial charge in [0.15, 0.2) is 0 Å². The lowest BCUT2D eigenvalue weighted by Crippen LogP contribution is -2.15. The molecule has 0 bridgehead atoms. The van der Waals surface area contributed by atoms with E-state index >= 15 is 0 Å². The van der Waals surface area contributed by atoms with Crippen molar-refractivity contribution < 1.29 is 4.39 Å². The van der Waals surface area contributed by atoms with E-state index in [0.717, 1.165) is 35.9 Å². The monoisotopic (exact) mass is 381 g/mol. The van der Waals surface area contributed by atoms with Crippen LogP contribution in [0.1, 0.15) is 82.8 Å². The van der Waals surface area contributed by atoms with Crippen molar-refractivity contribution in [2.24, 2.45) is 11.8 Å². The summed E-state index contributed by atoms with van der Waals surface area (Å²) in [5.41, 5.74) is 3.71. The van der Waals surface area contributed by atoms with Crippen LogP contribution in [0.15, 0.2) is 36.5 Å². The summed E-state index contributed by atoms with van der Waals surface area (Å²) < 4.78 is 14.7. The second kappa shape index (κ2) is 10.7. The molecule has 1 saturated carbocycles. The van der Waals surface area contributed by atoms with Gasteiger partial charge in [0, 0.05) is 11.8 Å². The van der Waals surface area contributed by atoms with Crippen LogP contribution in [-0.4, -0.2) is 4.98 Å². The lowest BCUT2D eigenvalue weighted by Gasteiger charge is -2.28. The van der Waals surface area contributed by atoms with Crippen molar-refractivity contribution in [1.29, 1.82) is 0 Å². The van der Waals surface area contributed by atoms with Crippen LogP contribution in [0.25, 0.3) is 11.3 Å². The molecule has 0 aliphatic heterocycles. The lowest BCUT2D eigenvalue weighted by molar-refractivity contribution is 0.252. The molecule has 1 nitrogen and oxygen atoms in total. The molecule has 0 N–H and O–H groups in total. The minimum Gasteiger partial charge on any atom is -0.256 e. The van der Waals surface area contributed by atoms with E-state index in [1.54, 1.807) is 6.07 Å². The molecule has 0 spiro atoms. The zero-order chi connectivity index (χ0) is 19.8. The van der Waals surface area contributed by atoms with Gasteiger partial charge in [-0.05, 0) is 66.8 Å². The van der Waals surface area contributed by atoms with Crippen molar-refractivity contribution in [3.8, 4) is 11.3 Å². The number of pyridine rings is 1. The molecule has 0 atom stereocenters. The molecule has 1 aliphatic carbocycles. The normalized spacial score (nSPS) is 19.7. The number of halogens is 1. The molecule has 0 unspecified atom stereocenters. The Bertz CT molecular complexity index is 714. The van der Waals surface area contributed by atoms with Crippen LogP contribution in [0, 0.1) is 17.7 Å². The number of nitrogens with zero attached hydrogens (tertiary/aromatic N) is 1. The molecule has 3 rings (SSSR count). The Kier molecular flexibility index (Phi) is 8.06. The van der Waals surface area contributed by atoms with E-state index in [1.165, 1.54) is 63.4 Å². The first-order valence-corrected chi connectivity index (χ1v) is 11.4. The first-order valence-electron chi connectivity index (χ1n) is 11.4. The minimum atomic E-state index is -0.141. The smallest absolute Gasteiger partial charge is 0.132 e. The zero-order valence-electron chi connectivity index (χ0n) is 17.7. The van der Waals surface area contributed by atoms with E-state index in [0.29, 0.717) is 5.56 Å². The molecule has 1 aromatic carbocycles. The molecular formula is C26H36FN. The first kappa shape index (κ1) is 21.0. The average Bonchev–Trinajstić information content (AvgIpc) is 2.72. The van der Waals surface area contributed by atoms with Gasteiger partial charge in [-0.2, -0.15) is 0 Å². The van der Waals surface area contributed by atoms with E-state index in [1.807, 2.05) is 18.3 Å². The molecule has 1 aliphatic rings. The summed E-state index contributed by atoms with van der Waals surface area (Å²) >= 11 is 0. The highest BCUT2D eigenvalue weighted by atomic mass is 19.1. The van der Waals surface area contributed by atoms with E-state index in [-0.39, 0.29) is 5.82 Å². The van der Waals surface area contributed by atoms with Crippen LogP contribution >= 0.6 is 0 Å². The Morgan fingerprint density at radius 3 is 2.18 bits per heavy atom. The van der Waals surface area contributed by atoms with Gasteiger partial charge in [0.2, 0.25) is 0 Å². The molecule has 28 heavy (non-hydrogen) atoms. The molecule has 1 aromatic heterocycles. The Morgan fingerprint density at radius 1 is 0.857 bits per heavy atom. The summed E-state index contributed by atoms with van der Waals surface area (Å²) in [6.45, 7) is 4.48. The SMILES string of the molecule is CCCCc1ccc(-c2ccc(CC[C@H]3CC[C@H](CCC)CC3)cc2F)nc1. The van der Waals surface area contributed by atoms with Gasteiger partial charge in [-0.25, -0.2) is 4.39 Å². The minimum absolute atomic E-state index is 0.141. The molecule has 2 aromatic rings. The quantitative estimate of drug-likeness (QED) is 0.432. The van der Waals surface area contributed by atoms with E-state index < -0.39 is 0 Å². The summed E-state index contributed by atoms with van der Waals surface area (Å²) in [6.07, 6.45) is 15.7. The topological polar surface area (TPSA) is 12.9 Å². The van der Waals surface area contributed by atoms with Crippen molar-refractivity contribution >= 4 is 0 Å². The van der Waals surface area contributed by atoms with Gasteiger partial charge in [0.05, 0.1) is 5.69 Å². The molecule has 0 amide bonds. The highest BCUT2D eigenvalue weighted by molar-refractivity contribution is 5.60. The Morgan fingerprint density at radius 2 is 1.57 bits per heavy atom. The standard InChI is InChI=1S/C26H36FN/c1-3-5-7-23-15-17-26(28-19-23)24-16-14-22(18-25(24)27)13-12-21-10-8-20(6-4-2)9-11-21/h14-21H,3-13H2,1-2H3/t20-,21-. The molecule has 1 heterocycles. The molecule has 1 fully saturated rings. The number of aryl methyl sites for hydroxylation is 2. The summed E-state index contributed by atoms with van der Waals surface area (Å²) in [4.78, 5) is 4.49. The summed E-state index contributed by atoms with van der Waals surface area (Å²) in [6, 6.07) is 9.77. The second-order valence-electron chi connectivity index (χ2n) is 8.68. The predicted octanol–water partition coefficient (Wildman–Crippen LogP) is 7.77. The van der Waals surface area contributed by atoms with E-state index in [4.69, 9.17) is 0 Å². The Balaban J connectivity index is 1.54. The van der Waals surface area contributed by atoms with Crippen LogP contribution in [0.5, 0.6) is 0 Å². The van der Waals surface area contributed by atoms with E-state index in [9.17, 15) is 4.39 Å². The fourth-order valence-electron chi connectivity index (χ4n) is 4.62. The largest absolute Gasteiger partial charge is 0.256 e. The third-order valence-electron chi connectivity index (χ3n) is 6.46. The van der Waals surface area contributed by atoms with Crippen LogP contribution in [0.3, 0.4) is 0 Å². The maximum atomic E-state index is 14.7. The number of aromatic nitrogens is 1. The van der Waals surface area contributed by atoms with Gasteiger partial charge in [-0.1, -0.05) is 70.9 Å². The van der Waals surface area contributed by atoms with Gasteiger partial charge >= 0.3 is 0 Å². The second-order valence-corrected chi connectivity index (χ2v) is 8.68. The number of benzene rings is 1. The molecular weight excluding hydrogens is 345 g/mol.